The molecule has 0 aliphatic rings. The number of amides is 3. The van der Waals surface area contributed by atoms with Gasteiger partial charge in [0.05, 0.1) is 25.2 Å². The van der Waals surface area contributed by atoms with Gasteiger partial charge in [-0.25, -0.2) is 9.78 Å². The van der Waals surface area contributed by atoms with Crippen LogP contribution in [0.5, 0.6) is 0 Å². The van der Waals surface area contributed by atoms with Crippen LogP contribution in [0.4, 0.5) is 0 Å². The van der Waals surface area contributed by atoms with Gasteiger partial charge in [0.25, 0.3) is 0 Å². The quantitative estimate of drug-likeness (QED) is 0.204. The third-order valence-electron chi connectivity index (χ3n) is 6.85. The molecule has 3 amide bonds. The van der Waals surface area contributed by atoms with E-state index in [1.54, 1.807) is 6.33 Å². The third kappa shape index (κ3) is 12.6. The number of nitrogens with two attached hydrogens (primary N) is 1. The molecule has 2 aromatic rings. The minimum Gasteiger partial charge on any atom is -0.467 e. The van der Waals surface area contributed by atoms with Crippen molar-refractivity contribution < 1.29 is 23.9 Å². The van der Waals surface area contributed by atoms with Crippen molar-refractivity contribution in [2.45, 2.75) is 97.9 Å². The maximum atomic E-state index is 13.6. The lowest BCUT2D eigenvalue weighted by atomic mass is 9.99. The summed E-state index contributed by atoms with van der Waals surface area (Å²) in [6.45, 7) is 12.3. The van der Waals surface area contributed by atoms with Crippen molar-refractivity contribution in [2.75, 3.05) is 7.11 Å². The smallest absolute Gasteiger partial charge is 0.328 e. The van der Waals surface area contributed by atoms with Crippen LogP contribution in [-0.2, 0) is 36.9 Å². The van der Waals surface area contributed by atoms with Crippen LogP contribution >= 0.6 is 0 Å². The van der Waals surface area contributed by atoms with Crippen LogP contribution in [0, 0.1) is 17.8 Å². The molecule has 4 atom stereocenters. The predicted molar refractivity (Wildman–Crippen MR) is 166 cm³/mol. The van der Waals surface area contributed by atoms with Crippen LogP contribution in [0.25, 0.3) is 0 Å². The second kappa shape index (κ2) is 17.4. The van der Waals surface area contributed by atoms with Crippen molar-refractivity contribution in [3.8, 4) is 0 Å². The van der Waals surface area contributed by atoms with Crippen LogP contribution in [0.15, 0.2) is 42.9 Å². The monoisotopic (exact) mass is 598 g/mol. The first-order chi connectivity index (χ1) is 20.3. The van der Waals surface area contributed by atoms with Gasteiger partial charge in [-0.3, -0.25) is 14.4 Å². The van der Waals surface area contributed by atoms with Gasteiger partial charge in [-0.2, -0.15) is 0 Å². The molecule has 0 fully saturated rings. The van der Waals surface area contributed by atoms with Crippen LogP contribution in [-0.4, -0.2) is 64.5 Å². The molecular weight excluding hydrogens is 548 g/mol. The van der Waals surface area contributed by atoms with E-state index in [9.17, 15) is 19.2 Å². The molecule has 0 aliphatic heterocycles. The van der Waals surface area contributed by atoms with Gasteiger partial charge < -0.3 is 31.0 Å². The van der Waals surface area contributed by atoms with E-state index < -0.39 is 47.9 Å². The molecule has 11 nitrogen and oxygen atoms in total. The van der Waals surface area contributed by atoms with Crippen LogP contribution in [0.2, 0.25) is 0 Å². The lowest BCUT2D eigenvalue weighted by molar-refractivity contribution is -0.146. The van der Waals surface area contributed by atoms with Gasteiger partial charge in [0.15, 0.2) is 0 Å². The number of benzene rings is 1. The number of rotatable bonds is 17. The molecule has 0 spiro atoms. The average molecular weight is 599 g/mol. The van der Waals surface area contributed by atoms with Gasteiger partial charge in [-0.1, -0.05) is 71.9 Å². The second-order valence-electron chi connectivity index (χ2n) is 12.4. The van der Waals surface area contributed by atoms with Crippen LogP contribution < -0.4 is 21.7 Å². The predicted octanol–water partition coefficient (Wildman–Crippen LogP) is 2.57. The number of esters is 1. The molecule has 1 aromatic heterocycles. The van der Waals surface area contributed by atoms with Crippen molar-refractivity contribution in [1.82, 2.24) is 25.5 Å². The summed E-state index contributed by atoms with van der Waals surface area (Å²) in [6.07, 6.45) is 4.76. The van der Waals surface area contributed by atoms with Gasteiger partial charge in [-0.15, -0.1) is 0 Å². The van der Waals surface area contributed by atoms with E-state index in [0.717, 1.165) is 5.56 Å². The molecule has 5 N–H and O–H groups in total. The highest BCUT2D eigenvalue weighted by Crippen LogP contribution is 2.12. The molecular formula is C32H50N6O5. The molecule has 1 aromatic carbocycles. The topological polar surface area (TPSA) is 157 Å². The molecule has 4 unspecified atom stereocenters. The van der Waals surface area contributed by atoms with E-state index in [-0.39, 0.29) is 24.2 Å². The number of aromatic nitrogens is 2. The normalized spacial score (nSPS) is 14.2. The van der Waals surface area contributed by atoms with E-state index in [4.69, 9.17) is 10.5 Å². The molecule has 0 saturated carbocycles. The number of nitrogens with one attached hydrogen (secondary N) is 3. The minimum atomic E-state index is -1.07. The summed E-state index contributed by atoms with van der Waals surface area (Å²) in [6, 6.07) is 6.27. The molecule has 0 bridgehead atoms. The summed E-state index contributed by atoms with van der Waals surface area (Å²) in [5.41, 5.74) is 7.75. The molecule has 2 rings (SSSR count). The summed E-state index contributed by atoms with van der Waals surface area (Å²) in [4.78, 5) is 57.0. The summed E-state index contributed by atoms with van der Waals surface area (Å²) in [7, 11) is 1.27. The maximum absolute atomic E-state index is 13.6. The first-order valence-electron chi connectivity index (χ1n) is 15.1. The summed E-state index contributed by atoms with van der Waals surface area (Å²) >= 11 is 0. The van der Waals surface area contributed by atoms with Crippen molar-refractivity contribution in [2.24, 2.45) is 23.5 Å². The highest BCUT2D eigenvalue weighted by atomic mass is 16.5. The van der Waals surface area contributed by atoms with Crippen LogP contribution in [0.3, 0.4) is 0 Å². The van der Waals surface area contributed by atoms with Gasteiger partial charge in [0, 0.05) is 19.2 Å². The van der Waals surface area contributed by atoms with E-state index in [1.807, 2.05) is 82.6 Å². The van der Waals surface area contributed by atoms with E-state index in [2.05, 4.69) is 20.9 Å². The van der Waals surface area contributed by atoms with E-state index in [1.165, 1.54) is 7.11 Å². The fraction of sp³-hybridized carbons (Fsp3) is 0.594. The molecule has 238 valence electrons. The minimum absolute atomic E-state index is 0.0736. The number of carbonyl (C=O) groups excluding carboxylic acids is 4. The highest BCUT2D eigenvalue weighted by molar-refractivity contribution is 5.94. The Kier molecular flexibility index (Phi) is 14.4. The van der Waals surface area contributed by atoms with Crippen molar-refractivity contribution in [1.29, 1.82) is 0 Å². The lowest BCUT2D eigenvalue weighted by Crippen LogP contribution is -2.58. The number of hydrogen-bond acceptors (Lipinski definition) is 7. The van der Waals surface area contributed by atoms with Crippen molar-refractivity contribution in [3.05, 3.63) is 54.1 Å². The molecule has 43 heavy (non-hydrogen) atoms. The standard InChI is InChI=1S/C32H50N6O5/c1-20(2)13-25(33)29(39)35-26(14-21(3)4)30(40)36-27(31(41)37-28(15-22(5)6)32(42)43-7)16-24-18-38(19-34-24)17-23-11-9-8-10-12-23/h8-12,18-22,25-28H,13-17,33H2,1-7H3,(H,35,39)(H,36,40)(H,37,41). The van der Waals surface area contributed by atoms with Gasteiger partial charge in [0.2, 0.25) is 17.7 Å². The summed E-state index contributed by atoms with van der Waals surface area (Å²) in [5, 5.41) is 8.37. The van der Waals surface area contributed by atoms with Crippen LogP contribution in [0.1, 0.15) is 72.1 Å². The Morgan fingerprint density at radius 1 is 0.791 bits per heavy atom. The zero-order chi connectivity index (χ0) is 32.1. The largest absolute Gasteiger partial charge is 0.467 e. The van der Waals surface area contributed by atoms with Gasteiger partial charge in [-0.05, 0) is 42.6 Å². The summed E-state index contributed by atoms with van der Waals surface area (Å²) in [5.74, 6) is -1.66. The lowest BCUT2D eigenvalue weighted by Gasteiger charge is -2.26. The first-order valence-corrected chi connectivity index (χ1v) is 15.1. The molecule has 0 radical (unpaired) electrons. The zero-order valence-electron chi connectivity index (χ0n) is 26.6. The number of carbonyl (C=O) groups is 4. The third-order valence-corrected chi connectivity index (χ3v) is 6.85. The Bertz CT molecular complexity index is 1180. The first kappa shape index (κ1) is 35.5. The van der Waals surface area contributed by atoms with Gasteiger partial charge >= 0.3 is 5.97 Å². The number of hydrogen-bond donors (Lipinski definition) is 4. The van der Waals surface area contributed by atoms with E-state index >= 15 is 0 Å². The Hall–Kier alpha value is -3.73. The fourth-order valence-electron chi connectivity index (χ4n) is 4.78. The number of imidazole rings is 1. The van der Waals surface area contributed by atoms with Gasteiger partial charge in [0.1, 0.15) is 18.1 Å². The molecule has 11 heteroatoms. The summed E-state index contributed by atoms with van der Waals surface area (Å²) < 4.78 is 6.81. The number of ether oxygens (including phenoxy) is 1. The Morgan fingerprint density at radius 3 is 1.91 bits per heavy atom. The maximum Gasteiger partial charge on any atom is 0.328 e. The Morgan fingerprint density at radius 2 is 1.33 bits per heavy atom. The zero-order valence-corrected chi connectivity index (χ0v) is 26.6. The molecule has 0 saturated heterocycles. The SMILES string of the molecule is COC(=O)C(CC(C)C)NC(=O)C(Cc1cn(Cc2ccccc2)cn1)NC(=O)C(CC(C)C)NC(=O)C(N)CC(C)C. The molecule has 0 aliphatic carbocycles. The second-order valence-corrected chi connectivity index (χ2v) is 12.4. The Balaban J connectivity index is 2.30. The Labute approximate surface area is 255 Å². The van der Waals surface area contributed by atoms with Crippen molar-refractivity contribution >= 4 is 23.7 Å². The fourth-order valence-corrected chi connectivity index (χ4v) is 4.78. The highest BCUT2D eigenvalue weighted by Gasteiger charge is 2.32. The molecule has 1 heterocycles. The number of methoxy groups -OCH3 is 1. The van der Waals surface area contributed by atoms with E-state index in [0.29, 0.717) is 31.5 Å². The van der Waals surface area contributed by atoms with Crippen molar-refractivity contribution in [3.63, 3.8) is 0 Å². The number of nitrogens with zero attached hydrogens (tertiary/aromatic N) is 2. The average Bonchev–Trinajstić information content (AvgIpc) is 3.37.